The topological polar surface area (TPSA) is 89.7 Å². The molecule has 0 saturated carbocycles. The maximum Gasteiger partial charge on any atom is 0.322 e. The quantitative estimate of drug-likeness (QED) is 0.450. The van der Waals surface area contributed by atoms with E-state index in [4.69, 9.17) is 19.0 Å². The molecule has 1 unspecified atom stereocenters. The molecule has 2 aliphatic rings. The number of amides is 2. The SMILES string of the molecule is CCCCN1C(=O)NC(c2ccc(SC)cc2)C(c2nc(-c3ccc4c(c3)OCO4)no2)=C1C. The molecule has 0 bridgehead atoms. The minimum atomic E-state index is -0.397. The number of rotatable bonds is 7. The molecule has 1 N–H and O–H groups in total. The summed E-state index contributed by atoms with van der Waals surface area (Å²) in [6.07, 6.45) is 3.92. The standard InChI is InChI=1S/C25H26N4O4S/c1-4-5-12-29-15(2)21(22(26-25(29)30)16-6-9-18(34-3)10-7-16)24-27-23(28-33-24)17-8-11-19-20(13-17)32-14-31-19/h6-11,13,22H,4-5,12,14H2,1-3H3,(H,26,30). The van der Waals surface area contributed by atoms with Crippen molar-refractivity contribution < 1.29 is 18.8 Å². The monoisotopic (exact) mass is 478 g/mol. The molecule has 2 aliphatic heterocycles. The van der Waals surface area contributed by atoms with Gasteiger partial charge in [0.15, 0.2) is 11.5 Å². The van der Waals surface area contributed by atoms with Gasteiger partial charge in [-0.2, -0.15) is 4.98 Å². The molecule has 34 heavy (non-hydrogen) atoms. The highest BCUT2D eigenvalue weighted by Gasteiger charge is 2.35. The zero-order chi connectivity index (χ0) is 23.7. The summed E-state index contributed by atoms with van der Waals surface area (Å²) in [5.74, 6) is 2.18. The van der Waals surface area contributed by atoms with E-state index >= 15 is 0 Å². The molecule has 8 nitrogen and oxygen atoms in total. The lowest BCUT2D eigenvalue weighted by Gasteiger charge is -2.35. The van der Waals surface area contributed by atoms with Crippen LogP contribution in [-0.4, -0.2) is 40.7 Å². The van der Waals surface area contributed by atoms with E-state index in [9.17, 15) is 4.79 Å². The first-order valence-corrected chi connectivity index (χ1v) is 12.5. The number of fused-ring (bicyclic) bond motifs is 1. The van der Waals surface area contributed by atoms with Crippen LogP contribution in [0.15, 0.2) is 57.6 Å². The van der Waals surface area contributed by atoms with Crippen LogP contribution in [0.4, 0.5) is 4.79 Å². The van der Waals surface area contributed by atoms with Crippen molar-refractivity contribution in [2.75, 3.05) is 19.6 Å². The smallest absolute Gasteiger partial charge is 0.322 e. The van der Waals surface area contributed by atoms with Gasteiger partial charge in [0.25, 0.3) is 5.89 Å². The van der Waals surface area contributed by atoms with Gasteiger partial charge in [0.1, 0.15) is 0 Å². The summed E-state index contributed by atoms with van der Waals surface area (Å²) in [5, 5.41) is 7.38. The second kappa shape index (κ2) is 9.42. The van der Waals surface area contributed by atoms with Crippen molar-refractivity contribution in [3.63, 3.8) is 0 Å². The summed E-state index contributed by atoms with van der Waals surface area (Å²) >= 11 is 1.67. The van der Waals surface area contributed by atoms with E-state index in [1.54, 1.807) is 16.7 Å². The van der Waals surface area contributed by atoms with Gasteiger partial charge in [-0.05, 0) is 55.5 Å². The third kappa shape index (κ3) is 4.11. The molecule has 0 aliphatic carbocycles. The van der Waals surface area contributed by atoms with E-state index in [2.05, 4.69) is 29.5 Å². The van der Waals surface area contributed by atoms with Gasteiger partial charge in [0, 0.05) is 22.7 Å². The van der Waals surface area contributed by atoms with Gasteiger partial charge in [-0.1, -0.05) is 30.6 Å². The molecule has 5 rings (SSSR count). The van der Waals surface area contributed by atoms with E-state index in [1.807, 2.05) is 43.5 Å². The van der Waals surface area contributed by atoms with Crippen molar-refractivity contribution in [2.24, 2.45) is 0 Å². The van der Waals surface area contributed by atoms with Crippen molar-refractivity contribution in [3.8, 4) is 22.9 Å². The van der Waals surface area contributed by atoms with Gasteiger partial charge in [0.05, 0.1) is 11.6 Å². The fraction of sp³-hybridized carbons (Fsp3) is 0.320. The first-order valence-electron chi connectivity index (χ1n) is 11.3. The molecule has 0 spiro atoms. The number of hydrogen-bond acceptors (Lipinski definition) is 7. The van der Waals surface area contributed by atoms with Crippen LogP contribution in [0.5, 0.6) is 11.5 Å². The minimum Gasteiger partial charge on any atom is -0.454 e. The molecule has 1 atom stereocenters. The van der Waals surface area contributed by atoms with Crippen molar-refractivity contribution >= 4 is 23.4 Å². The zero-order valence-electron chi connectivity index (χ0n) is 19.3. The van der Waals surface area contributed by atoms with Crippen LogP contribution in [0.2, 0.25) is 0 Å². The Morgan fingerprint density at radius 3 is 2.71 bits per heavy atom. The van der Waals surface area contributed by atoms with Crippen molar-refractivity contribution in [2.45, 2.75) is 37.6 Å². The Balaban J connectivity index is 1.55. The van der Waals surface area contributed by atoms with Crippen LogP contribution in [0.3, 0.4) is 0 Å². The third-order valence-electron chi connectivity index (χ3n) is 6.07. The highest BCUT2D eigenvalue weighted by atomic mass is 32.2. The van der Waals surface area contributed by atoms with Gasteiger partial charge >= 0.3 is 6.03 Å². The van der Waals surface area contributed by atoms with Crippen molar-refractivity contribution in [1.29, 1.82) is 0 Å². The number of carbonyl (C=O) groups excluding carboxylic acids is 1. The molecule has 3 heterocycles. The number of carbonyl (C=O) groups is 1. The number of benzene rings is 2. The Kier molecular flexibility index (Phi) is 6.19. The molecule has 1 aromatic heterocycles. The fourth-order valence-electron chi connectivity index (χ4n) is 4.18. The molecule has 3 aromatic rings. The van der Waals surface area contributed by atoms with E-state index in [0.29, 0.717) is 29.8 Å². The first kappa shape index (κ1) is 22.3. The lowest BCUT2D eigenvalue weighted by molar-refractivity contribution is 0.174. The molecular formula is C25H26N4O4S. The van der Waals surface area contributed by atoms with Gasteiger partial charge in [0.2, 0.25) is 12.6 Å². The van der Waals surface area contributed by atoms with Gasteiger partial charge < -0.3 is 19.3 Å². The highest BCUT2D eigenvalue weighted by Crippen LogP contribution is 2.39. The summed E-state index contributed by atoms with van der Waals surface area (Å²) in [6.45, 7) is 4.87. The normalized spacial score (nSPS) is 17.3. The Labute approximate surface area is 202 Å². The molecule has 176 valence electrons. The van der Waals surface area contributed by atoms with Crippen LogP contribution in [-0.2, 0) is 0 Å². The fourth-order valence-corrected chi connectivity index (χ4v) is 4.58. The number of nitrogens with zero attached hydrogens (tertiary/aromatic N) is 3. The van der Waals surface area contributed by atoms with E-state index < -0.39 is 6.04 Å². The number of hydrogen-bond donors (Lipinski definition) is 1. The Morgan fingerprint density at radius 1 is 1.15 bits per heavy atom. The number of allylic oxidation sites excluding steroid dienone is 1. The van der Waals surface area contributed by atoms with Crippen LogP contribution >= 0.6 is 11.8 Å². The molecular weight excluding hydrogens is 452 g/mol. The Morgan fingerprint density at radius 2 is 1.94 bits per heavy atom. The number of thioether (sulfide) groups is 1. The molecule has 9 heteroatoms. The predicted molar refractivity (Wildman–Crippen MR) is 130 cm³/mol. The number of aromatic nitrogens is 2. The lowest BCUT2D eigenvalue weighted by atomic mass is 9.94. The summed E-state index contributed by atoms with van der Waals surface area (Å²) in [5.41, 5.74) is 3.34. The third-order valence-corrected chi connectivity index (χ3v) is 6.81. The second-order valence-electron chi connectivity index (χ2n) is 8.15. The van der Waals surface area contributed by atoms with Crippen molar-refractivity contribution in [3.05, 3.63) is 59.6 Å². The van der Waals surface area contributed by atoms with Crippen LogP contribution in [0.25, 0.3) is 17.0 Å². The molecule has 0 radical (unpaired) electrons. The second-order valence-corrected chi connectivity index (χ2v) is 9.03. The number of ether oxygens (including phenoxy) is 2. The summed E-state index contributed by atoms with van der Waals surface area (Å²) in [6, 6.07) is 13.2. The average molecular weight is 479 g/mol. The Bertz CT molecular complexity index is 1240. The Hall–Kier alpha value is -3.46. The minimum absolute atomic E-state index is 0.121. The number of nitrogens with one attached hydrogen (secondary N) is 1. The van der Waals surface area contributed by atoms with Crippen LogP contribution in [0, 0.1) is 0 Å². The van der Waals surface area contributed by atoms with Gasteiger partial charge in [-0.25, -0.2) is 4.79 Å². The largest absolute Gasteiger partial charge is 0.454 e. The summed E-state index contributed by atoms with van der Waals surface area (Å²) in [4.78, 5) is 20.6. The molecule has 2 amide bonds. The van der Waals surface area contributed by atoms with Crippen LogP contribution < -0.4 is 14.8 Å². The van der Waals surface area contributed by atoms with E-state index in [1.165, 1.54) is 0 Å². The van der Waals surface area contributed by atoms with E-state index in [0.717, 1.165) is 40.1 Å². The van der Waals surface area contributed by atoms with E-state index in [-0.39, 0.29) is 12.8 Å². The zero-order valence-corrected chi connectivity index (χ0v) is 20.1. The number of unbranched alkanes of at least 4 members (excludes halogenated alkanes) is 1. The maximum absolute atomic E-state index is 13.0. The summed E-state index contributed by atoms with van der Waals surface area (Å²) in [7, 11) is 0. The van der Waals surface area contributed by atoms with Crippen LogP contribution in [0.1, 0.15) is 44.2 Å². The number of urea groups is 1. The maximum atomic E-state index is 13.0. The van der Waals surface area contributed by atoms with Gasteiger partial charge in [-0.3, -0.25) is 4.90 Å². The highest BCUT2D eigenvalue weighted by molar-refractivity contribution is 7.98. The molecule has 0 saturated heterocycles. The van der Waals surface area contributed by atoms with Gasteiger partial charge in [-0.15, -0.1) is 11.8 Å². The molecule has 0 fully saturated rings. The lowest BCUT2D eigenvalue weighted by Crippen LogP contribution is -2.46. The average Bonchev–Trinajstić information content (AvgIpc) is 3.53. The first-order chi connectivity index (χ1) is 16.6. The predicted octanol–water partition coefficient (Wildman–Crippen LogP) is 5.48. The summed E-state index contributed by atoms with van der Waals surface area (Å²) < 4.78 is 16.6. The van der Waals surface area contributed by atoms with Crippen molar-refractivity contribution in [1.82, 2.24) is 20.4 Å². The molecule has 2 aromatic carbocycles.